The van der Waals surface area contributed by atoms with Crippen molar-refractivity contribution in [3.63, 3.8) is 0 Å². The lowest BCUT2D eigenvalue weighted by Gasteiger charge is -2.06. The van der Waals surface area contributed by atoms with Crippen LogP contribution in [0.5, 0.6) is 0 Å². The Morgan fingerprint density at radius 3 is 2.13 bits per heavy atom. The van der Waals surface area contributed by atoms with Gasteiger partial charge in [0.15, 0.2) is 23.9 Å². The first-order valence-electron chi connectivity index (χ1n) is 8.84. The predicted octanol–water partition coefficient (Wildman–Crippen LogP) is 4.13. The first-order chi connectivity index (χ1) is 15.1. The zero-order chi connectivity index (χ0) is 21.8. The fourth-order valence-electron chi connectivity index (χ4n) is 2.70. The Kier molecular flexibility index (Phi) is 5.87. The Hall–Kier alpha value is -3.82. The first-order valence-corrected chi connectivity index (χ1v) is 9.60. The number of hydrogen-bond donors (Lipinski definition) is 1. The number of hydrogen-bond acceptors (Lipinski definition) is 7. The van der Waals surface area contributed by atoms with Gasteiger partial charge < -0.3 is 5.32 Å². The maximum absolute atomic E-state index is 10.9. The minimum absolute atomic E-state index is 0.353. The average Bonchev–Trinajstić information content (AvgIpc) is 3.37. The molecule has 1 aromatic carbocycles. The molecule has 0 aliphatic carbocycles. The molecule has 0 spiro atoms. The normalized spacial score (nSPS) is 10.5. The van der Waals surface area contributed by atoms with Gasteiger partial charge in [-0.15, -0.1) is 0 Å². The monoisotopic (exact) mass is 453 g/mol. The maximum atomic E-state index is 10.9. The molecule has 0 unspecified atom stereocenters. The summed E-state index contributed by atoms with van der Waals surface area (Å²) in [5.74, 6) is 0.623. The van der Waals surface area contributed by atoms with Crippen molar-refractivity contribution in [2.45, 2.75) is 0 Å². The summed E-state index contributed by atoms with van der Waals surface area (Å²) in [6.07, 6.45) is 7.76. The van der Waals surface area contributed by atoms with Crippen molar-refractivity contribution in [1.29, 1.82) is 0 Å². The van der Waals surface area contributed by atoms with Crippen LogP contribution in [0, 0.1) is 0 Å². The second kappa shape index (κ2) is 8.90. The summed E-state index contributed by atoms with van der Waals surface area (Å²) in [7, 11) is 0. The molecule has 0 saturated carbocycles. The van der Waals surface area contributed by atoms with Gasteiger partial charge in [0.25, 0.3) is 0 Å². The summed E-state index contributed by atoms with van der Waals surface area (Å²) < 4.78 is 3.04. The van der Waals surface area contributed by atoms with Gasteiger partial charge in [0, 0.05) is 23.1 Å². The van der Waals surface area contributed by atoms with E-state index in [9.17, 15) is 9.59 Å². The molecule has 11 heteroatoms. The van der Waals surface area contributed by atoms with E-state index in [0.717, 1.165) is 12.0 Å². The number of carbonyl (C=O) groups excluding carboxylic acids is 2. The van der Waals surface area contributed by atoms with Gasteiger partial charge in [-0.05, 0) is 30.3 Å². The van der Waals surface area contributed by atoms with Crippen LogP contribution < -0.4 is 5.32 Å². The third kappa shape index (κ3) is 4.52. The molecule has 0 atom stereocenters. The van der Waals surface area contributed by atoms with Crippen LogP contribution in [-0.4, -0.2) is 41.8 Å². The lowest BCUT2D eigenvalue weighted by Crippen LogP contribution is -1.97. The topological polar surface area (TPSA) is 107 Å². The van der Waals surface area contributed by atoms with Gasteiger partial charge in [0.2, 0.25) is 0 Å². The minimum Gasteiger partial charge on any atom is -0.340 e. The molecule has 0 amide bonds. The van der Waals surface area contributed by atoms with E-state index in [-0.39, 0.29) is 0 Å². The predicted molar refractivity (Wildman–Crippen MR) is 116 cm³/mol. The summed E-state index contributed by atoms with van der Waals surface area (Å²) in [4.78, 5) is 29.6. The average molecular weight is 454 g/mol. The van der Waals surface area contributed by atoms with Crippen molar-refractivity contribution < 1.29 is 9.59 Å². The lowest BCUT2D eigenvalue weighted by atomic mass is 10.3. The summed E-state index contributed by atoms with van der Waals surface area (Å²) in [5, 5.41) is 12.0. The Balaban J connectivity index is 0.000000166. The molecule has 0 bridgehead atoms. The zero-order valence-corrected chi connectivity index (χ0v) is 17.2. The molecule has 4 aromatic heterocycles. The molecule has 0 aliphatic rings. The summed E-state index contributed by atoms with van der Waals surface area (Å²) >= 11 is 11.6. The summed E-state index contributed by atoms with van der Waals surface area (Å²) in [6, 6.07) is 10.7. The lowest BCUT2D eigenvalue weighted by molar-refractivity contribution is 0.111. The number of nitrogens with one attached hydrogen (secondary N) is 1. The molecule has 9 nitrogen and oxygen atoms in total. The number of aldehydes is 2. The highest BCUT2D eigenvalue weighted by Crippen LogP contribution is 2.19. The number of halogens is 2. The van der Waals surface area contributed by atoms with Crippen LogP contribution in [0.1, 0.15) is 20.7 Å². The standard InChI is InChI=1S/C13H9ClN4O.C7H4ClN3O/c14-10-2-1-3-11(6-10)16-12-4-5-18-13(17-12)9(8-19)7-15-18;8-6-1-2-11-7(10-6)5(4-12)3-9-11/h1-8H,(H,16,17);1-4H. The molecule has 5 aromatic rings. The Labute approximate surface area is 185 Å². The number of rotatable bonds is 4. The number of aromatic nitrogens is 6. The van der Waals surface area contributed by atoms with Gasteiger partial charge in [-0.3, -0.25) is 9.59 Å². The van der Waals surface area contributed by atoms with Gasteiger partial charge in [0.1, 0.15) is 11.0 Å². The van der Waals surface area contributed by atoms with Crippen molar-refractivity contribution in [2.75, 3.05) is 5.32 Å². The quantitative estimate of drug-likeness (QED) is 0.321. The molecular formula is C20H13Cl2N7O2. The second-order valence-electron chi connectivity index (χ2n) is 6.17. The van der Waals surface area contributed by atoms with Crippen LogP contribution >= 0.6 is 23.2 Å². The molecule has 154 valence electrons. The van der Waals surface area contributed by atoms with Crippen LogP contribution in [-0.2, 0) is 0 Å². The van der Waals surface area contributed by atoms with Gasteiger partial charge >= 0.3 is 0 Å². The molecule has 31 heavy (non-hydrogen) atoms. The van der Waals surface area contributed by atoms with Crippen molar-refractivity contribution in [2.24, 2.45) is 0 Å². The number of nitrogens with zero attached hydrogens (tertiary/aromatic N) is 6. The molecule has 5 rings (SSSR count). The van der Waals surface area contributed by atoms with E-state index in [4.69, 9.17) is 23.2 Å². The van der Waals surface area contributed by atoms with Crippen molar-refractivity contribution >= 4 is 58.6 Å². The van der Waals surface area contributed by atoms with Gasteiger partial charge in [-0.2, -0.15) is 10.2 Å². The maximum Gasteiger partial charge on any atom is 0.167 e. The van der Waals surface area contributed by atoms with E-state index >= 15 is 0 Å². The van der Waals surface area contributed by atoms with Crippen LogP contribution in [0.2, 0.25) is 10.2 Å². The zero-order valence-electron chi connectivity index (χ0n) is 15.7. The second-order valence-corrected chi connectivity index (χ2v) is 6.99. The summed E-state index contributed by atoms with van der Waals surface area (Å²) in [5.41, 5.74) is 2.73. The van der Waals surface area contributed by atoms with Crippen LogP contribution in [0.25, 0.3) is 11.3 Å². The van der Waals surface area contributed by atoms with E-state index in [1.165, 1.54) is 16.9 Å². The number of benzene rings is 1. The number of carbonyl (C=O) groups is 2. The largest absolute Gasteiger partial charge is 0.340 e. The highest BCUT2D eigenvalue weighted by atomic mass is 35.5. The van der Waals surface area contributed by atoms with E-state index in [1.54, 1.807) is 41.2 Å². The highest BCUT2D eigenvalue weighted by molar-refractivity contribution is 6.30. The van der Waals surface area contributed by atoms with Crippen LogP contribution in [0.15, 0.2) is 61.2 Å². The fraction of sp³-hybridized carbons (Fsp3) is 0. The SMILES string of the molecule is O=Cc1cnn2ccc(Cl)nc12.O=Cc1cnn2ccc(Nc3cccc(Cl)c3)nc12. The van der Waals surface area contributed by atoms with E-state index < -0.39 is 0 Å². The molecule has 0 radical (unpaired) electrons. The molecular weight excluding hydrogens is 441 g/mol. The Morgan fingerprint density at radius 2 is 1.48 bits per heavy atom. The fourth-order valence-corrected chi connectivity index (χ4v) is 3.03. The van der Waals surface area contributed by atoms with Crippen LogP contribution in [0.4, 0.5) is 11.5 Å². The van der Waals surface area contributed by atoms with Crippen molar-refractivity contribution in [1.82, 2.24) is 29.2 Å². The highest BCUT2D eigenvalue weighted by Gasteiger charge is 2.06. The van der Waals surface area contributed by atoms with Gasteiger partial charge in [-0.1, -0.05) is 29.3 Å². The Bertz CT molecular complexity index is 1400. The summed E-state index contributed by atoms with van der Waals surface area (Å²) in [6.45, 7) is 0. The van der Waals surface area contributed by atoms with Crippen molar-refractivity contribution in [3.05, 3.63) is 82.5 Å². The van der Waals surface area contributed by atoms with E-state index in [1.807, 2.05) is 12.1 Å². The number of anilines is 2. The molecule has 0 aliphatic heterocycles. The number of fused-ring (bicyclic) bond motifs is 2. The smallest absolute Gasteiger partial charge is 0.167 e. The van der Waals surface area contributed by atoms with Gasteiger partial charge in [0.05, 0.1) is 23.5 Å². The van der Waals surface area contributed by atoms with Crippen molar-refractivity contribution in [3.8, 4) is 0 Å². The molecule has 4 heterocycles. The van der Waals surface area contributed by atoms with Crippen LogP contribution in [0.3, 0.4) is 0 Å². The Morgan fingerprint density at radius 1 is 0.839 bits per heavy atom. The molecule has 0 saturated heterocycles. The molecule has 0 fully saturated rings. The van der Waals surface area contributed by atoms with Gasteiger partial charge in [-0.25, -0.2) is 19.0 Å². The van der Waals surface area contributed by atoms with E-state index in [0.29, 0.717) is 44.7 Å². The first kappa shape index (κ1) is 20.5. The third-order valence-electron chi connectivity index (χ3n) is 4.11. The third-order valence-corrected chi connectivity index (χ3v) is 4.56. The minimum atomic E-state index is 0.353. The molecule has 1 N–H and O–H groups in total. The van der Waals surface area contributed by atoms with E-state index in [2.05, 4.69) is 25.5 Å².